The van der Waals surface area contributed by atoms with Crippen LogP contribution in [0.5, 0.6) is 0 Å². The quantitative estimate of drug-likeness (QED) is 0.362. The Morgan fingerprint density at radius 3 is 2.80 bits per heavy atom. The molecule has 1 fully saturated rings. The van der Waals surface area contributed by atoms with E-state index in [0.29, 0.717) is 26.2 Å². The van der Waals surface area contributed by atoms with E-state index in [1.165, 1.54) is 17.5 Å². The van der Waals surface area contributed by atoms with E-state index in [9.17, 15) is 8.78 Å². The van der Waals surface area contributed by atoms with Crippen molar-refractivity contribution in [3.63, 3.8) is 0 Å². The normalized spacial score (nSPS) is 20.9. The summed E-state index contributed by atoms with van der Waals surface area (Å²) in [6.07, 6.45) is 3.99. The van der Waals surface area contributed by atoms with Gasteiger partial charge in [0, 0.05) is 38.8 Å². The molecule has 0 spiro atoms. The number of hydrogen-bond donors (Lipinski definition) is 2. The minimum atomic E-state index is -2.25. The Bertz CT molecular complexity index is 662. The van der Waals surface area contributed by atoms with Crippen molar-refractivity contribution in [2.24, 2.45) is 4.99 Å². The molecule has 1 aliphatic carbocycles. The summed E-state index contributed by atoms with van der Waals surface area (Å²) in [6, 6.07) is 8.88. The number of nitrogens with one attached hydrogen (secondary N) is 2. The maximum absolute atomic E-state index is 12.5. The van der Waals surface area contributed by atoms with Gasteiger partial charge in [0.2, 0.25) is 0 Å². The zero-order chi connectivity index (χ0) is 21.2. The number of alkyl halides is 2. The van der Waals surface area contributed by atoms with Crippen LogP contribution in [0.2, 0.25) is 0 Å². The first-order valence-electron chi connectivity index (χ1n) is 11.4. The van der Waals surface area contributed by atoms with Gasteiger partial charge in [-0.25, -0.2) is 8.78 Å². The van der Waals surface area contributed by atoms with Crippen LogP contribution in [0.1, 0.15) is 56.3 Å². The minimum absolute atomic E-state index is 0.119. The van der Waals surface area contributed by atoms with Gasteiger partial charge in [0.25, 0.3) is 6.43 Å². The Kier molecular flexibility index (Phi) is 9.33. The monoisotopic (exact) mass is 422 g/mol. The molecule has 0 radical (unpaired) electrons. The molecule has 0 saturated carbocycles. The lowest BCUT2D eigenvalue weighted by molar-refractivity contribution is 0.0402. The first kappa shape index (κ1) is 22.9. The van der Waals surface area contributed by atoms with Gasteiger partial charge in [-0.3, -0.25) is 9.89 Å². The van der Waals surface area contributed by atoms with Crippen LogP contribution >= 0.6 is 0 Å². The smallest absolute Gasteiger partial charge is 0.251 e. The molecule has 1 atom stereocenters. The molecule has 168 valence electrons. The highest BCUT2D eigenvalue weighted by molar-refractivity contribution is 5.80. The Morgan fingerprint density at radius 1 is 1.23 bits per heavy atom. The van der Waals surface area contributed by atoms with Crippen molar-refractivity contribution in [1.29, 1.82) is 0 Å². The number of piperidine rings is 1. The highest BCUT2D eigenvalue weighted by atomic mass is 19.3. The predicted octanol–water partition coefficient (Wildman–Crippen LogP) is 3.76. The lowest BCUT2D eigenvalue weighted by Crippen LogP contribution is -2.49. The van der Waals surface area contributed by atoms with E-state index < -0.39 is 6.43 Å². The fraction of sp³-hybridized carbons (Fsp3) is 0.696. The van der Waals surface area contributed by atoms with E-state index in [4.69, 9.17) is 4.74 Å². The second-order valence-electron chi connectivity index (χ2n) is 8.17. The second-order valence-corrected chi connectivity index (χ2v) is 8.17. The molecule has 2 N–H and O–H groups in total. The number of halogens is 2. The summed E-state index contributed by atoms with van der Waals surface area (Å²) in [6.45, 7) is 5.54. The molecule has 1 aromatic carbocycles. The molecular weight excluding hydrogens is 386 g/mol. The van der Waals surface area contributed by atoms with Gasteiger partial charge in [-0.05, 0) is 56.6 Å². The Hall–Kier alpha value is -1.73. The third-order valence-electron chi connectivity index (χ3n) is 5.87. The van der Waals surface area contributed by atoms with Crippen LogP contribution < -0.4 is 10.6 Å². The molecule has 7 heteroatoms. The topological polar surface area (TPSA) is 48.9 Å². The van der Waals surface area contributed by atoms with Crippen molar-refractivity contribution in [2.75, 3.05) is 39.3 Å². The standard InChI is InChI=1S/C23H36F2N4O/c1-2-26-23(28-19-11-14-29(15-12-19)17-22(24)25)27-13-6-16-30-21-10-5-8-18-7-3-4-9-20(18)21/h3-4,7,9,19,21-22H,2,5-6,8,10-17H2,1H3,(H2,26,27,28). The average molecular weight is 423 g/mol. The van der Waals surface area contributed by atoms with Crippen LogP contribution in [0.25, 0.3) is 0 Å². The zero-order valence-corrected chi connectivity index (χ0v) is 18.1. The maximum atomic E-state index is 12.5. The Morgan fingerprint density at radius 2 is 2.03 bits per heavy atom. The van der Waals surface area contributed by atoms with Crippen LogP contribution in [-0.4, -0.2) is 62.7 Å². The van der Waals surface area contributed by atoms with Gasteiger partial charge in [0.05, 0.1) is 12.6 Å². The summed E-state index contributed by atoms with van der Waals surface area (Å²) < 4.78 is 31.2. The van der Waals surface area contributed by atoms with Gasteiger partial charge in [-0.15, -0.1) is 0 Å². The molecule has 1 saturated heterocycles. The van der Waals surface area contributed by atoms with E-state index in [0.717, 1.165) is 44.6 Å². The summed E-state index contributed by atoms with van der Waals surface area (Å²) in [4.78, 5) is 6.52. The van der Waals surface area contributed by atoms with Crippen LogP contribution in [0.4, 0.5) is 8.78 Å². The third-order valence-corrected chi connectivity index (χ3v) is 5.87. The van der Waals surface area contributed by atoms with Gasteiger partial charge in [0.1, 0.15) is 0 Å². The van der Waals surface area contributed by atoms with Crippen molar-refractivity contribution in [3.05, 3.63) is 35.4 Å². The molecule has 1 aromatic rings. The van der Waals surface area contributed by atoms with E-state index in [2.05, 4.69) is 39.9 Å². The SMILES string of the molecule is CCNC(=NCCCOC1CCCc2ccccc21)NC1CCN(CC(F)F)CC1. The fourth-order valence-corrected chi connectivity index (χ4v) is 4.33. The average Bonchev–Trinajstić information content (AvgIpc) is 2.74. The molecule has 5 nitrogen and oxygen atoms in total. The van der Waals surface area contributed by atoms with Crippen LogP contribution in [0, 0.1) is 0 Å². The fourth-order valence-electron chi connectivity index (χ4n) is 4.33. The first-order valence-corrected chi connectivity index (χ1v) is 11.4. The number of nitrogens with zero attached hydrogens (tertiary/aromatic N) is 2. The number of hydrogen-bond acceptors (Lipinski definition) is 3. The van der Waals surface area contributed by atoms with Crippen molar-refractivity contribution in [3.8, 4) is 0 Å². The van der Waals surface area contributed by atoms with E-state index >= 15 is 0 Å². The maximum Gasteiger partial charge on any atom is 0.251 e. The van der Waals surface area contributed by atoms with Gasteiger partial charge in [-0.1, -0.05) is 24.3 Å². The highest BCUT2D eigenvalue weighted by Gasteiger charge is 2.22. The number of likely N-dealkylation sites (tertiary alicyclic amines) is 1. The van der Waals surface area contributed by atoms with Crippen molar-refractivity contribution in [1.82, 2.24) is 15.5 Å². The lowest BCUT2D eigenvalue weighted by Gasteiger charge is -2.32. The van der Waals surface area contributed by atoms with Crippen molar-refractivity contribution < 1.29 is 13.5 Å². The Balaban J connectivity index is 1.38. The summed E-state index contributed by atoms with van der Waals surface area (Å²) >= 11 is 0. The number of ether oxygens (including phenoxy) is 1. The lowest BCUT2D eigenvalue weighted by atomic mass is 9.89. The molecular formula is C23H36F2N4O. The molecule has 0 aromatic heterocycles. The number of aryl methyl sites for hydroxylation is 1. The third kappa shape index (κ3) is 7.20. The van der Waals surface area contributed by atoms with E-state index in [1.54, 1.807) is 0 Å². The number of aliphatic imine (C=N–C) groups is 1. The Labute approximate surface area is 179 Å². The molecule has 3 rings (SSSR count). The number of guanidine groups is 1. The second kappa shape index (κ2) is 12.2. The molecule has 1 heterocycles. The van der Waals surface area contributed by atoms with Crippen LogP contribution in [-0.2, 0) is 11.2 Å². The number of benzene rings is 1. The predicted molar refractivity (Wildman–Crippen MR) is 117 cm³/mol. The molecule has 1 aliphatic heterocycles. The molecule has 0 bridgehead atoms. The van der Waals surface area contributed by atoms with Crippen LogP contribution in [0.3, 0.4) is 0 Å². The zero-order valence-electron chi connectivity index (χ0n) is 18.1. The van der Waals surface area contributed by atoms with Gasteiger partial charge < -0.3 is 15.4 Å². The van der Waals surface area contributed by atoms with E-state index in [-0.39, 0.29) is 18.7 Å². The minimum Gasteiger partial charge on any atom is -0.373 e. The van der Waals surface area contributed by atoms with Crippen molar-refractivity contribution >= 4 is 5.96 Å². The number of rotatable bonds is 9. The summed E-state index contributed by atoms with van der Waals surface area (Å²) in [5.74, 6) is 0.813. The molecule has 1 unspecified atom stereocenters. The highest BCUT2D eigenvalue weighted by Crippen LogP contribution is 2.32. The molecule has 0 amide bonds. The van der Waals surface area contributed by atoms with Gasteiger partial charge in [-0.2, -0.15) is 0 Å². The molecule has 2 aliphatic rings. The van der Waals surface area contributed by atoms with E-state index in [1.807, 2.05) is 11.8 Å². The summed E-state index contributed by atoms with van der Waals surface area (Å²) in [5, 5.41) is 6.76. The summed E-state index contributed by atoms with van der Waals surface area (Å²) in [7, 11) is 0. The number of fused-ring (bicyclic) bond motifs is 1. The van der Waals surface area contributed by atoms with Crippen LogP contribution in [0.15, 0.2) is 29.3 Å². The first-order chi connectivity index (χ1) is 14.7. The largest absolute Gasteiger partial charge is 0.373 e. The van der Waals surface area contributed by atoms with Crippen molar-refractivity contribution in [2.45, 2.75) is 64.0 Å². The summed E-state index contributed by atoms with van der Waals surface area (Å²) in [5.41, 5.74) is 2.77. The molecule has 30 heavy (non-hydrogen) atoms. The van der Waals surface area contributed by atoms with Gasteiger partial charge >= 0.3 is 0 Å². The van der Waals surface area contributed by atoms with Gasteiger partial charge in [0.15, 0.2) is 5.96 Å².